The van der Waals surface area contributed by atoms with E-state index in [2.05, 4.69) is 5.16 Å². The number of carbonyl (C=O) groups excluding carboxylic acids is 2. The SMILES string of the molecule is NC(=O)C1CCCN(C(=O)c2cc(COc3ccc(F)cc3F)on2)C1. The van der Waals surface area contributed by atoms with E-state index in [0.717, 1.165) is 12.1 Å². The lowest BCUT2D eigenvalue weighted by molar-refractivity contribution is -0.123. The van der Waals surface area contributed by atoms with E-state index in [1.54, 1.807) is 0 Å². The molecular formula is C17H17F2N3O4. The van der Waals surface area contributed by atoms with Gasteiger partial charge in [0.25, 0.3) is 5.91 Å². The van der Waals surface area contributed by atoms with Gasteiger partial charge in [-0.15, -0.1) is 0 Å². The van der Waals surface area contributed by atoms with E-state index in [0.29, 0.717) is 25.5 Å². The van der Waals surface area contributed by atoms with Gasteiger partial charge >= 0.3 is 0 Å². The van der Waals surface area contributed by atoms with Gasteiger partial charge in [-0.2, -0.15) is 0 Å². The summed E-state index contributed by atoms with van der Waals surface area (Å²) >= 11 is 0. The highest BCUT2D eigenvalue weighted by Crippen LogP contribution is 2.21. The van der Waals surface area contributed by atoms with Crippen LogP contribution in [-0.2, 0) is 11.4 Å². The van der Waals surface area contributed by atoms with Crippen LogP contribution in [0.4, 0.5) is 8.78 Å². The summed E-state index contributed by atoms with van der Waals surface area (Å²) in [5.74, 6) is -2.66. The lowest BCUT2D eigenvalue weighted by Gasteiger charge is -2.30. The fourth-order valence-electron chi connectivity index (χ4n) is 2.78. The van der Waals surface area contributed by atoms with E-state index in [1.807, 2.05) is 0 Å². The largest absolute Gasteiger partial charge is 0.482 e. The maximum absolute atomic E-state index is 13.5. The van der Waals surface area contributed by atoms with Gasteiger partial charge in [0.05, 0.1) is 5.92 Å². The Kier molecular flexibility index (Phi) is 5.15. The van der Waals surface area contributed by atoms with Crippen molar-refractivity contribution in [3.63, 3.8) is 0 Å². The minimum atomic E-state index is -0.841. The Balaban J connectivity index is 1.62. The van der Waals surface area contributed by atoms with Crippen LogP contribution in [-0.4, -0.2) is 35.0 Å². The quantitative estimate of drug-likeness (QED) is 0.872. The van der Waals surface area contributed by atoms with E-state index < -0.39 is 17.5 Å². The number of piperidine rings is 1. The van der Waals surface area contributed by atoms with Gasteiger partial charge in [0.15, 0.2) is 23.0 Å². The highest BCUT2D eigenvalue weighted by Gasteiger charge is 2.29. The third kappa shape index (κ3) is 3.98. The zero-order valence-corrected chi connectivity index (χ0v) is 13.8. The number of ether oxygens (including phenoxy) is 1. The van der Waals surface area contributed by atoms with Crippen molar-refractivity contribution in [1.29, 1.82) is 0 Å². The maximum Gasteiger partial charge on any atom is 0.276 e. The van der Waals surface area contributed by atoms with Crippen molar-refractivity contribution >= 4 is 11.8 Å². The van der Waals surface area contributed by atoms with Gasteiger partial charge in [-0.1, -0.05) is 5.16 Å². The second-order valence-electron chi connectivity index (χ2n) is 6.03. The minimum Gasteiger partial charge on any atom is -0.482 e. The zero-order valence-electron chi connectivity index (χ0n) is 13.8. The molecule has 138 valence electrons. The molecule has 0 bridgehead atoms. The first-order valence-corrected chi connectivity index (χ1v) is 8.06. The lowest BCUT2D eigenvalue weighted by atomic mass is 9.97. The summed E-state index contributed by atoms with van der Waals surface area (Å²) < 4.78 is 36.6. The van der Waals surface area contributed by atoms with Crippen molar-refractivity contribution < 1.29 is 27.6 Å². The Labute approximate surface area is 147 Å². The van der Waals surface area contributed by atoms with E-state index in [1.165, 1.54) is 11.0 Å². The van der Waals surface area contributed by atoms with Crippen LogP contribution in [0.15, 0.2) is 28.8 Å². The predicted molar refractivity (Wildman–Crippen MR) is 85.0 cm³/mol. The third-order valence-electron chi connectivity index (χ3n) is 4.15. The van der Waals surface area contributed by atoms with Gasteiger partial charge in [-0.3, -0.25) is 9.59 Å². The monoisotopic (exact) mass is 365 g/mol. The van der Waals surface area contributed by atoms with Crippen LogP contribution in [0.25, 0.3) is 0 Å². The van der Waals surface area contributed by atoms with Crippen molar-refractivity contribution in [2.24, 2.45) is 11.7 Å². The number of nitrogens with zero attached hydrogens (tertiary/aromatic N) is 2. The number of aromatic nitrogens is 1. The van der Waals surface area contributed by atoms with Crippen LogP contribution in [0.5, 0.6) is 5.75 Å². The van der Waals surface area contributed by atoms with Gasteiger partial charge in [0.2, 0.25) is 5.91 Å². The summed E-state index contributed by atoms with van der Waals surface area (Å²) in [5, 5.41) is 3.69. The maximum atomic E-state index is 13.5. The van der Waals surface area contributed by atoms with E-state index >= 15 is 0 Å². The summed E-state index contributed by atoms with van der Waals surface area (Å²) in [6.45, 7) is 0.572. The highest BCUT2D eigenvalue weighted by molar-refractivity contribution is 5.92. The highest BCUT2D eigenvalue weighted by atomic mass is 19.1. The number of hydrogen-bond acceptors (Lipinski definition) is 5. The number of carbonyl (C=O) groups is 2. The molecule has 1 saturated heterocycles. The van der Waals surface area contributed by atoms with Crippen molar-refractivity contribution in [2.75, 3.05) is 13.1 Å². The van der Waals surface area contributed by atoms with Crippen LogP contribution in [0.3, 0.4) is 0 Å². The van der Waals surface area contributed by atoms with Crippen LogP contribution in [0.1, 0.15) is 29.1 Å². The van der Waals surface area contributed by atoms with Crippen molar-refractivity contribution in [3.8, 4) is 5.75 Å². The van der Waals surface area contributed by atoms with E-state index in [9.17, 15) is 18.4 Å². The van der Waals surface area contributed by atoms with Gasteiger partial charge in [-0.25, -0.2) is 8.78 Å². The molecule has 3 rings (SSSR count). The summed E-state index contributed by atoms with van der Waals surface area (Å²) in [7, 11) is 0. The summed E-state index contributed by atoms with van der Waals surface area (Å²) in [6.07, 6.45) is 1.33. The molecule has 1 unspecified atom stereocenters. The normalized spacial score (nSPS) is 17.2. The molecule has 0 radical (unpaired) electrons. The van der Waals surface area contributed by atoms with Gasteiger partial charge in [0.1, 0.15) is 12.4 Å². The van der Waals surface area contributed by atoms with E-state index in [4.69, 9.17) is 15.0 Å². The van der Waals surface area contributed by atoms with Crippen LogP contribution in [0.2, 0.25) is 0 Å². The van der Waals surface area contributed by atoms with Gasteiger partial charge in [0, 0.05) is 25.2 Å². The van der Waals surface area contributed by atoms with Crippen LogP contribution < -0.4 is 10.5 Å². The first kappa shape index (κ1) is 17.8. The Hall–Kier alpha value is -2.97. The molecule has 9 heteroatoms. The Morgan fingerprint density at radius 1 is 1.35 bits per heavy atom. The number of amides is 2. The third-order valence-corrected chi connectivity index (χ3v) is 4.15. The molecule has 2 N–H and O–H groups in total. The fourth-order valence-corrected chi connectivity index (χ4v) is 2.78. The van der Waals surface area contributed by atoms with Crippen molar-refractivity contribution in [2.45, 2.75) is 19.4 Å². The summed E-state index contributed by atoms with van der Waals surface area (Å²) in [5.41, 5.74) is 5.37. The standard InChI is InChI=1S/C17H17F2N3O4/c18-11-3-4-15(13(19)6-11)25-9-12-7-14(21-26-12)17(24)22-5-1-2-10(8-22)16(20)23/h3-4,6-7,10H,1-2,5,8-9H2,(H2,20,23). The molecule has 0 spiro atoms. The first-order valence-electron chi connectivity index (χ1n) is 8.06. The Bertz CT molecular complexity index is 824. The average molecular weight is 365 g/mol. The molecule has 1 fully saturated rings. The number of primary amides is 1. The second-order valence-corrected chi connectivity index (χ2v) is 6.03. The molecular weight excluding hydrogens is 348 g/mol. The number of nitrogens with two attached hydrogens (primary N) is 1. The number of rotatable bonds is 5. The number of benzene rings is 1. The number of likely N-dealkylation sites (tertiary alicyclic amines) is 1. The fraction of sp³-hybridized carbons (Fsp3) is 0.353. The molecule has 1 aliphatic heterocycles. The smallest absolute Gasteiger partial charge is 0.276 e. The molecule has 2 heterocycles. The minimum absolute atomic E-state index is 0.0632. The molecule has 2 aromatic rings. The molecule has 1 aromatic heterocycles. The lowest BCUT2D eigenvalue weighted by Crippen LogP contribution is -2.44. The van der Waals surface area contributed by atoms with Crippen LogP contribution >= 0.6 is 0 Å². The van der Waals surface area contributed by atoms with Crippen molar-refractivity contribution in [3.05, 3.63) is 47.4 Å². The topological polar surface area (TPSA) is 98.7 Å². The molecule has 0 saturated carbocycles. The first-order chi connectivity index (χ1) is 12.4. The molecule has 1 atom stereocenters. The molecule has 1 aliphatic rings. The molecule has 1 aromatic carbocycles. The Morgan fingerprint density at radius 2 is 2.15 bits per heavy atom. The van der Waals surface area contributed by atoms with Crippen molar-refractivity contribution in [1.82, 2.24) is 10.1 Å². The average Bonchev–Trinajstić information content (AvgIpc) is 3.09. The molecule has 7 nitrogen and oxygen atoms in total. The summed E-state index contributed by atoms with van der Waals surface area (Å²) in [4.78, 5) is 25.3. The predicted octanol–water partition coefficient (Wildman–Crippen LogP) is 1.87. The molecule has 2 amide bonds. The van der Waals surface area contributed by atoms with Gasteiger partial charge in [-0.05, 0) is 25.0 Å². The molecule has 0 aliphatic carbocycles. The number of hydrogen-bond donors (Lipinski definition) is 1. The zero-order chi connectivity index (χ0) is 18.7. The molecule has 26 heavy (non-hydrogen) atoms. The van der Waals surface area contributed by atoms with Gasteiger partial charge < -0.3 is 19.9 Å². The van der Waals surface area contributed by atoms with Crippen LogP contribution in [0, 0.1) is 17.6 Å². The number of halogens is 2. The second kappa shape index (κ2) is 7.51. The van der Waals surface area contributed by atoms with E-state index in [-0.39, 0.29) is 42.2 Å². The Morgan fingerprint density at radius 3 is 2.88 bits per heavy atom. The summed E-state index contributed by atoms with van der Waals surface area (Å²) in [6, 6.07) is 4.32.